The van der Waals surface area contributed by atoms with Crippen molar-refractivity contribution in [3.63, 3.8) is 0 Å². The molecule has 12 nitrogen and oxygen atoms in total. The van der Waals surface area contributed by atoms with Gasteiger partial charge in [0.2, 0.25) is 23.6 Å². The summed E-state index contributed by atoms with van der Waals surface area (Å²) in [6.07, 6.45) is -1.06. The number of imide groups is 2. The van der Waals surface area contributed by atoms with Crippen molar-refractivity contribution in [2.24, 2.45) is 0 Å². The fourth-order valence-corrected chi connectivity index (χ4v) is 5.23. The van der Waals surface area contributed by atoms with Crippen LogP contribution in [0.1, 0.15) is 12.8 Å². The van der Waals surface area contributed by atoms with E-state index in [9.17, 15) is 28.8 Å². The summed E-state index contributed by atoms with van der Waals surface area (Å²) in [6.45, 7) is -1.10. The number of amides is 6. The number of benzene rings is 3. The van der Waals surface area contributed by atoms with Crippen LogP contribution in [-0.4, -0.2) is 68.7 Å². The molecule has 0 aliphatic carbocycles. The highest BCUT2D eigenvalue weighted by Gasteiger charge is 2.40. The summed E-state index contributed by atoms with van der Waals surface area (Å²) < 4.78 is 11.0. The molecular weight excluding hydrogens is 608 g/mol. The number of nitrogens with zero attached hydrogens (tertiary/aromatic N) is 4. The number of carbonyl (C=O) groups excluding carboxylic acids is 6. The molecule has 0 radical (unpaired) electrons. The standard InChI is InChI=1S/C30H22N4O8S2/c35-23-15-25(37)33(29(43)31(23)19-7-3-1-4-8-19)27(39)17-41-21-11-13-22(14-12-21)42-18-28(40)34-26(38)16-24(36)32(30(34)44)20-9-5-2-6-10-20/h1-14H,15-18H2. The van der Waals surface area contributed by atoms with Gasteiger partial charge in [-0.3, -0.25) is 38.6 Å². The Balaban J connectivity index is 1.16. The van der Waals surface area contributed by atoms with Crippen LogP contribution in [0.25, 0.3) is 0 Å². The summed E-state index contributed by atoms with van der Waals surface area (Å²) >= 11 is 10.6. The fraction of sp³-hybridized carbons (Fsp3) is 0.133. The van der Waals surface area contributed by atoms with Gasteiger partial charge in [-0.15, -0.1) is 0 Å². The number of hydrogen-bond acceptors (Lipinski definition) is 10. The first-order valence-corrected chi connectivity index (χ1v) is 13.9. The molecule has 5 rings (SSSR count). The normalized spacial score (nSPS) is 15.5. The van der Waals surface area contributed by atoms with Crippen LogP contribution < -0.4 is 19.3 Å². The predicted molar refractivity (Wildman–Crippen MR) is 163 cm³/mol. The predicted octanol–water partition coefficient (Wildman–Crippen LogP) is 2.60. The highest BCUT2D eigenvalue weighted by atomic mass is 32.1. The Kier molecular flexibility index (Phi) is 8.83. The van der Waals surface area contributed by atoms with E-state index in [4.69, 9.17) is 33.9 Å². The van der Waals surface area contributed by atoms with Crippen molar-refractivity contribution in [3.8, 4) is 11.5 Å². The molecule has 2 heterocycles. The van der Waals surface area contributed by atoms with Crippen molar-refractivity contribution in [1.82, 2.24) is 9.80 Å². The van der Waals surface area contributed by atoms with Gasteiger partial charge in [0.05, 0.1) is 11.4 Å². The second-order valence-electron chi connectivity index (χ2n) is 9.34. The molecule has 0 unspecified atom stereocenters. The van der Waals surface area contributed by atoms with Gasteiger partial charge in [-0.05, 0) is 73.0 Å². The van der Waals surface area contributed by atoms with Crippen molar-refractivity contribution in [2.45, 2.75) is 12.8 Å². The molecule has 2 saturated heterocycles. The van der Waals surface area contributed by atoms with E-state index in [1.54, 1.807) is 60.7 Å². The Labute approximate surface area is 261 Å². The van der Waals surface area contributed by atoms with Crippen molar-refractivity contribution >= 4 is 81.5 Å². The lowest BCUT2D eigenvalue weighted by Crippen LogP contribution is -2.58. The van der Waals surface area contributed by atoms with E-state index in [1.165, 1.54) is 24.3 Å². The van der Waals surface area contributed by atoms with E-state index in [-0.39, 0.29) is 21.7 Å². The third-order valence-electron chi connectivity index (χ3n) is 6.44. The fourth-order valence-electron chi connectivity index (χ4n) is 4.41. The highest BCUT2D eigenvalue weighted by Crippen LogP contribution is 2.24. The van der Waals surface area contributed by atoms with E-state index in [0.29, 0.717) is 11.4 Å². The molecule has 0 bridgehead atoms. The second-order valence-corrected chi connectivity index (χ2v) is 10.1. The summed E-state index contributed by atoms with van der Waals surface area (Å²) in [5.74, 6) is -3.62. The third kappa shape index (κ3) is 6.21. The lowest BCUT2D eigenvalue weighted by atomic mass is 10.2. The molecule has 0 atom stereocenters. The van der Waals surface area contributed by atoms with E-state index in [2.05, 4.69) is 0 Å². The first kappa shape index (κ1) is 30.1. The topological polar surface area (TPSA) is 134 Å². The van der Waals surface area contributed by atoms with E-state index in [1.807, 2.05) is 0 Å². The van der Waals surface area contributed by atoms with E-state index in [0.717, 1.165) is 19.6 Å². The molecule has 14 heteroatoms. The minimum atomic E-state index is -0.760. The Morgan fingerprint density at radius 2 is 0.886 bits per heavy atom. The number of para-hydroxylation sites is 2. The molecule has 2 fully saturated rings. The summed E-state index contributed by atoms with van der Waals surface area (Å²) in [7, 11) is 0. The maximum absolute atomic E-state index is 12.9. The molecule has 222 valence electrons. The zero-order chi connectivity index (χ0) is 31.4. The first-order chi connectivity index (χ1) is 21.2. The number of hydrogen-bond donors (Lipinski definition) is 0. The molecule has 3 aromatic carbocycles. The van der Waals surface area contributed by atoms with Crippen LogP contribution in [0.3, 0.4) is 0 Å². The second kappa shape index (κ2) is 12.9. The van der Waals surface area contributed by atoms with Gasteiger partial charge in [0, 0.05) is 0 Å². The van der Waals surface area contributed by atoms with Gasteiger partial charge in [0.1, 0.15) is 24.3 Å². The van der Waals surface area contributed by atoms with Crippen molar-refractivity contribution in [1.29, 1.82) is 0 Å². The Hall–Kier alpha value is -5.34. The van der Waals surface area contributed by atoms with Crippen LogP contribution >= 0.6 is 24.4 Å². The lowest BCUT2D eigenvalue weighted by Gasteiger charge is -2.34. The quantitative estimate of drug-likeness (QED) is 0.270. The first-order valence-electron chi connectivity index (χ1n) is 13.1. The summed E-state index contributed by atoms with van der Waals surface area (Å²) in [5, 5.41) is -0.523. The van der Waals surface area contributed by atoms with Gasteiger partial charge in [0.15, 0.2) is 23.4 Å². The van der Waals surface area contributed by atoms with Gasteiger partial charge in [-0.2, -0.15) is 0 Å². The van der Waals surface area contributed by atoms with Crippen LogP contribution in [0.2, 0.25) is 0 Å². The number of rotatable bonds is 8. The lowest BCUT2D eigenvalue weighted by molar-refractivity contribution is -0.145. The zero-order valence-electron chi connectivity index (χ0n) is 22.8. The van der Waals surface area contributed by atoms with Crippen LogP contribution in [-0.2, 0) is 28.8 Å². The molecule has 0 N–H and O–H groups in total. The minimum Gasteiger partial charge on any atom is -0.484 e. The average Bonchev–Trinajstić information content (AvgIpc) is 3.00. The molecule has 0 aromatic heterocycles. The van der Waals surface area contributed by atoms with Crippen molar-refractivity contribution in [2.75, 3.05) is 23.0 Å². The third-order valence-corrected chi connectivity index (χ3v) is 7.17. The van der Waals surface area contributed by atoms with E-state index >= 15 is 0 Å². The highest BCUT2D eigenvalue weighted by molar-refractivity contribution is 7.81. The monoisotopic (exact) mass is 630 g/mol. The largest absolute Gasteiger partial charge is 0.484 e. The molecule has 2 aliphatic rings. The minimum absolute atomic E-state index is 0.243. The summed E-state index contributed by atoms with van der Waals surface area (Å²) in [5.41, 5.74) is 0.854. The molecule has 6 amide bonds. The molecule has 44 heavy (non-hydrogen) atoms. The van der Waals surface area contributed by atoms with Gasteiger partial charge >= 0.3 is 0 Å². The molecule has 3 aromatic rings. The van der Waals surface area contributed by atoms with Crippen LogP contribution in [0.5, 0.6) is 11.5 Å². The Morgan fingerprint density at radius 1 is 0.545 bits per heavy atom. The molecule has 0 saturated carbocycles. The maximum atomic E-state index is 12.9. The molecular formula is C30H22N4O8S2. The van der Waals surface area contributed by atoms with Gasteiger partial charge < -0.3 is 9.47 Å². The van der Waals surface area contributed by atoms with Crippen LogP contribution in [0, 0.1) is 0 Å². The zero-order valence-corrected chi connectivity index (χ0v) is 24.4. The molecule has 0 spiro atoms. The van der Waals surface area contributed by atoms with Gasteiger partial charge in [-0.25, -0.2) is 9.80 Å². The number of carbonyl (C=O) groups is 6. The smallest absolute Gasteiger partial charge is 0.273 e. The Morgan fingerprint density at radius 3 is 1.23 bits per heavy atom. The Bertz CT molecular complexity index is 1560. The van der Waals surface area contributed by atoms with Gasteiger partial charge in [0.25, 0.3) is 11.8 Å². The number of thiocarbonyl (C=S) groups is 2. The SMILES string of the molecule is O=C(COc1ccc(OCC(=O)N2C(=O)CC(=O)N(c3ccccc3)C2=S)cc1)N1C(=O)CC(=O)N(c2ccccc2)C1=S. The van der Waals surface area contributed by atoms with E-state index < -0.39 is 61.5 Å². The number of ether oxygens (including phenoxy) is 2. The summed E-state index contributed by atoms with van der Waals surface area (Å²) in [4.78, 5) is 79.4. The van der Waals surface area contributed by atoms with Crippen LogP contribution in [0.4, 0.5) is 11.4 Å². The van der Waals surface area contributed by atoms with Crippen LogP contribution in [0.15, 0.2) is 84.9 Å². The maximum Gasteiger partial charge on any atom is 0.273 e. The van der Waals surface area contributed by atoms with Crippen molar-refractivity contribution < 1.29 is 38.2 Å². The molecule has 2 aliphatic heterocycles. The average molecular weight is 631 g/mol. The van der Waals surface area contributed by atoms with Crippen molar-refractivity contribution in [3.05, 3.63) is 84.9 Å². The summed E-state index contributed by atoms with van der Waals surface area (Å²) in [6, 6.07) is 22.7. The number of anilines is 2. The van der Waals surface area contributed by atoms with Gasteiger partial charge in [-0.1, -0.05) is 36.4 Å².